The summed E-state index contributed by atoms with van der Waals surface area (Å²) in [7, 11) is -2.89. The number of rotatable bonds is 3. The summed E-state index contributed by atoms with van der Waals surface area (Å²) in [5.41, 5.74) is 2.41. The second-order valence-corrected chi connectivity index (χ2v) is 10.9. The van der Waals surface area contributed by atoms with Crippen LogP contribution in [0.15, 0.2) is 59.6 Å². The van der Waals surface area contributed by atoms with E-state index in [4.69, 9.17) is 14.5 Å². The van der Waals surface area contributed by atoms with Gasteiger partial charge in [-0.15, -0.1) is 0 Å². The van der Waals surface area contributed by atoms with Gasteiger partial charge in [-0.25, -0.2) is 14.0 Å². The SMILES string of the molecule is CCOc1ccc(-c2cnc3nc2NCC(C)(C)CCS(=N)(=O)c2cccc(c2)N3)cc1. The van der Waals surface area contributed by atoms with Crippen molar-refractivity contribution in [2.75, 3.05) is 29.5 Å². The van der Waals surface area contributed by atoms with Gasteiger partial charge in [0.15, 0.2) is 0 Å². The van der Waals surface area contributed by atoms with Crippen molar-refractivity contribution in [2.24, 2.45) is 5.41 Å². The Labute approximate surface area is 189 Å². The van der Waals surface area contributed by atoms with E-state index >= 15 is 0 Å². The fourth-order valence-corrected chi connectivity index (χ4v) is 5.23. The minimum atomic E-state index is -2.89. The highest BCUT2D eigenvalue weighted by molar-refractivity contribution is 7.92. The van der Waals surface area contributed by atoms with Crippen LogP contribution in [0, 0.1) is 10.2 Å². The number of aromatic nitrogens is 2. The Bertz CT molecular complexity index is 1210. The number of ether oxygens (including phenoxy) is 1. The molecule has 0 aliphatic carbocycles. The van der Waals surface area contributed by atoms with Gasteiger partial charge in [0.25, 0.3) is 0 Å². The maximum atomic E-state index is 13.1. The van der Waals surface area contributed by atoms with E-state index in [9.17, 15) is 4.21 Å². The van der Waals surface area contributed by atoms with Crippen molar-refractivity contribution < 1.29 is 8.95 Å². The van der Waals surface area contributed by atoms with Gasteiger partial charge < -0.3 is 15.4 Å². The predicted molar refractivity (Wildman–Crippen MR) is 129 cm³/mol. The summed E-state index contributed by atoms with van der Waals surface area (Å²) in [5.74, 6) is 2.29. The van der Waals surface area contributed by atoms with Crippen LogP contribution in [-0.2, 0) is 9.73 Å². The number of benzene rings is 2. The lowest BCUT2D eigenvalue weighted by Crippen LogP contribution is -2.26. The second kappa shape index (κ2) is 8.78. The molecule has 8 heteroatoms. The summed E-state index contributed by atoms with van der Waals surface area (Å²) in [6.07, 6.45) is 2.45. The van der Waals surface area contributed by atoms with E-state index in [-0.39, 0.29) is 5.41 Å². The highest BCUT2D eigenvalue weighted by Gasteiger charge is 2.23. The van der Waals surface area contributed by atoms with Crippen LogP contribution in [-0.4, -0.2) is 33.1 Å². The minimum Gasteiger partial charge on any atom is -0.494 e. The Morgan fingerprint density at radius 3 is 2.72 bits per heavy atom. The van der Waals surface area contributed by atoms with Crippen molar-refractivity contribution in [1.29, 1.82) is 4.78 Å². The van der Waals surface area contributed by atoms with Gasteiger partial charge in [-0.3, -0.25) is 0 Å². The molecule has 1 unspecified atom stereocenters. The van der Waals surface area contributed by atoms with Crippen LogP contribution in [0.3, 0.4) is 0 Å². The van der Waals surface area contributed by atoms with Crippen LogP contribution in [0.25, 0.3) is 11.1 Å². The molecule has 7 nitrogen and oxygen atoms in total. The molecule has 1 aliphatic rings. The van der Waals surface area contributed by atoms with Crippen LogP contribution in [0.2, 0.25) is 0 Å². The Morgan fingerprint density at radius 1 is 1.19 bits per heavy atom. The molecule has 32 heavy (non-hydrogen) atoms. The molecule has 3 N–H and O–H groups in total. The molecular weight excluding hydrogens is 422 g/mol. The normalized spacial score (nSPS) is 20.0. The molecule has 0 fully saturated rings. The smallest absolute Gasteiger partial charge is 0.229 e. The first-order chi connectivity index (χ1) is 15.3. The van der Waals surface area contributed by atoms with E-state index in [0.717, 1.165) is 22.7 Å². The topological polar surface area (TPSA) is 100.0 Å². The number of hydrogen-bond acceptors (Lipinski definition) is 7. The number of nitrogens with one attached hydrogen (secondary N) is 3. The number of anilines is 3. The van der Waals surface area contributed by atoms with Gasteiger partial charge in [0.05, 0.1) is 16.3 Å². The zero-order chi connectivity index (χ0) is 22.8. The summed E-state index contributed by atoms with van der Waals surface area (Å²) < 4.78 is 27.1. The number of nitrogens with zero attached hydrogens (tertiary/aromatic N) is 2. The lowest BCUT2D eigenvalue weighted by Gasteiger charge is -2.26. The summed E-state index contributed by atoms with van der Waals surface area (Å²) in [6.45, 7) is 7.44. The van der Waals surface area contributed by atoms with Crippen molar-refractivity contribution in [3.05, 3.63) is 54.7 Å². The molecule has 1 aliphatic heterocycles. The minimum absolute atomic E-state index is 0.177. The Morgan fingerprint density at radius 2 is 1.97 bits per heavy atom. The van der Waals surface area contributed by atoms with E-state index in [2.05, 4.69) is 29.5 Å². The quantitative estimate of drug-likeness (QED) is 0.484. The first-order valence-corrected chi connectivity index (χ1v) is 12.5. The van der Waals surface area contributed by atoms with E-state index < -0.39 is 9.73 Å². The van der Waals surface area contributed by atoms with E-state index in [1.54, 1.807) is 18.3 Å². The van der Waals surface area contributed by atoms with Crippen LogP contribution in [0.4, 0.5) is 17.5 Å². The first-order valence-electron chi connectivity index (χ1n) is 10.7. The third kappa shape index (κ3) is 5.02. The molecule has 4 bridgehead atoms. The Hall–Kier alpha value is -3.13. The average molecular weight is 452 g/mol. The van der Waals surface area contributed by atoms with Crippen molar-refractivity contribution in [3.8, 4) is 16.9 Å². The third-order valence-corrected chi connectivity index (χ3v) is 7.33. The van der Waals surface area contributed by atoms with Crippen LogP contribution >= 0.6 is 0 Å². The lowest BCUT2D eigenvalue weighted by molar-refractivity contribution is 0.340. The molecule has 3 aromatic rings. The molecule has 2 aromatic carbocycles. The van der Waals surface area contributed by atoms with Gasteiger partial charge in [0.2, 0.25) is 5.95 Å². The molecule has 2 heterocycles. The fourth-order valence-electron chi connectivity index (χ4n) is 3.54. The third-order valence-electron chi connectivity index (χ3n) is 5.54. The zero-order valence-electron chi connectivity index (χ0n) is 18.6. The monoisotopic (exact) mass is 451 g/mol. The zero-order valence-corrected chi connectivity index (χ0v) is 19.5. The largest absolute Gasteiger partial charge is 0.494 e. The van der Waals surface area contributed by atoms with Gasteiger partial charge in [-0.05, 0) is 54.7 Å². The molecule has 4 rings (SSSR count). The summed E-state index contributed by atoms with van der Waals surface area (Å²) in [6, 6.07) is 15.1. The molecule has 1 aromatic heterocycles. The molecule has 0 radical (unpaired) electrons. The average Bonchev–Trinajstić information content (AvgIpc) is 2.78. The van der Waals surface area contributed by atoms with E-state index in [1.165, 1.54) is 0 Å². The van der Waals surface area contributed by atoms with Gasteiger partial charge in [-0.1, -0.05) is 32.0 Å². The molecular formula is C24H29N5O2S. The van der Waals surface area contributed by atoms with E-state index in [1.807, 2.05) is 43.3 Å². The Balaban J connectivity index is 1.75. The summed E-state index contributed by atoms with van der Waals surface area (Å²) >= 11 is 0. The Kier molecular flexibility index (Phi) is 6.06. The summed E-state index contributed by atoms with van der Waals surface area (Å²) in [5, 5.41) is 6.67. The van der Waals surface area contributed by atoms with E-state index in [0.29, 0.717) is 41.9 Å². The molecule has 1 atom stereocenters. The highest BCUT2D eigenvalue weighted by atomic mass is 32.2. The van der Waals surface area contributed by atoms with Gasteiger partial charge in [-0.2, -0.15) is 4.98 Å². The maximum absolute atomic E-state index is 13.1. The second-order valence-electron chi connectivity index (χ2n) is 8.71. The van der Waals surface area contributed by atoms with Gasteiger partial charge >= 0.3 is 0 Å². The number of hydrogen-bond donors (Lipinski definition) is 3. The van der Waals surface area contributed by atoms with Crippen LogP contribution < -0.4 is 15.4 Å². The van der Waals surface area contributed by atoms with Crippen molar-refractivity contribution in [1.82, 2.24) is 9.97 Å². The molecule has 0 saturated heterocycles. The lowest BCUT2D eigenvalue weighted by atomic mass is 9.90. The predicted octanol–water partition coefficient (Wildman–Crippen LogP) is 5.53. The van der Waals surface area contributed by atoms with Crippen LogP contribution in [0.1, 0.15) is 27.2 Å². The highest BCUT2D eigenvalue weighted by Crippen LogP contribution is 2.32. The van der Waals surface area contributed by atoms with Gasteiger partial charge in [0.1, 0.15) is 11.6 Å². The van der Waals surface area contributed by atoms with Crippen molar-refractivity contribution in [3.63, 3.8) is 0 Å². The maximum Gasteiger partial charge on any atom is 0.229 e. The molecule has 0 spiro atoms. The van der Waals surface area contributed by atoms with Crippen molar-refractivity contribution >= 4 is 27.2 Å². The fraction of sp³-hybridized carbons (Fsp3) is 0.333. The molecule has 0 amide bonds. The van der Waals surface area contributed by atoms with Crippen molar-refractivity contribution in [2.45, 2.75) is 32.1 Å². The number of fused-ring (bicyclic) bond motifs is 4. The molecule has 168 valence electrons. The standard InChI is InChI=1S/C24H29N5O2S/c1-4-31-19-10-8-17(9-11-19)21-15-26-23-28-18-6-5-7-20(14-18)32(25,30)13-12-24(2,3)16-27-22(21)29-23/h5-11,14-15,25H,4,12-13,16H2,1-3H3,(H2,26,27,28,29). The first kappa shape index (κ1) is 22.1. The van der Waals surface area contributed by atoms with Crippen LogP contribution in [0.5, 0.6) is 5.75 Å². The summed E-state index contributed by atoms with van der Waals surface area (Å²) in [4.78, 5) is 9.78. The molecule has 0 saturated carbocycles. The van der Waals surface area contributed by atoms with Gasteiger partial charge in [0, 0.05) is 34.6 Å².